The predicted octanol–water partition coefficient (Wildman–Crippen LogP) is 0.649. The van der Waals surface area contributed by atoms with Crippen molar-refractivity contribution in [2.75, 3.05) is 26.7 Å². The molecule has 1 saturated heterocycles. The molecule has 0 radical (unpaired) electrons. The number of likely N-dealkylation sites (tertiary alicyclic amines) is 1. The molecule has 1 aliphatic rings. The zero-order valence-corrected chi connectivity index (χ0v) is 8.68. The van der Waals surface area contributed by atoms with Crippen molar-refractivity contribution in [2.45, 2.75) is 32.2 Å². The number of hydrogen-bond acceptors (Lipinski definition) is 3. The minimum atomic E-state index is 0.278. The van der Waals surface area contributed by atoms with Gasteiger partial charge in [0.1, 0.15) is 5.78 Å². The number of nitrogens with one attached hydrogen (secondary N) is 1. The Bertz CT molecular complexity index is 162. The fourth-order valence-electron chi connectivity index (χ4n) is 1.67. The number of carbonyl (C=O) groups is 1. The van der Waals surface area contributed by atoms with Gasteiger partial charge in [-0.3, -0.25) is 4.79 Å². The monoisotopic (exact) mass is 184 g/mol. The van der Waals surface area contributed by atoms with Gasteiger partial charge in [0, 0.05) is 19.0 Å². The molecule has 13 heavy (non-hydrogen) atoms. The normalized spacial score (nSPS) is 20.5. The van der Waals surface area contributed by atoms with E-state index in [1.165, 1.54) is 25.9 Å². The Morgan fingerprint density at radius 3 is 2.62 bits per heavy atom. The smallest absolute Gasteiger partial charge is 0.131 e. The van der Waals surface area contributed by atoms with Crippen LogP contribution in [-0.2, 0) is 4.79 Å². The van der Waals surface area contributed by atoms with Crippen LogP contribution < -0.4 is 5.32 Å². The van der Waals surface area contributed by atoms with E-state index in [4.69, 9.17) is 0 Å². The molecule has 0 aromatic heterocycles. The van der Waals surface area contributed by atoms with Crippen molar-refractivity contribution in [3.63, 3.8) is 0 Å². The number of nitrogens with zero attached hydrogens (tertiary/aromatic N) is 1. The van der Waals surface area contributed by atoms with E-state index in [0.29, 0.717) is 12.5 Å². The first kappa shape index (κ1) is 10.7. The van der Waals surface area contributed by atoms with E-state index in [2.05, 4.69) is 17.3 Å². The molecular formula is C10H20N2O. The van der Waals surface area contributed by atoms with Gasteiger partial charge in [-0.15, -0.1) is 0 Å². The molecule has 0 aliphatic carbocycles. The maximum Gasteiger partial charge on any atom is 0.131 e. The second-order valence-corrected chi connectivity index (χ2v) is 3.98. The van der Waals surface area contributed by atoms with Crippen molar-refractivity contribution in [3.05, 3.63) is 0 Å². The summed E-state index contributed by atoms with van der Waals surface area (Å²) in [6.07, 6.45) is 3.11. The van der Waals surface area contributed by atoms with Gasteiger partial charge in [-0.1, -0.05) is 0 Å². The minimum absolute atomic E-state index is 0.278. The molecule has 3 heteroatoms. The molecule has 0 bridgehead atoms. The van der Waals surface area contributed by atoms with Crippen LogP contribution in [0.4, 0.5) is 0 Å². The van der Waals surface area contributed by atoms with E-state index < -0.39 is 0 Å². The second kappa shape index (κ2) is 5.35. The Hall–Kier alpha value is -0.410. The van der Waals surface area contributed by atoms with Gasteiger partial charge in [-0.05, 0) is 39.9 Å². The second-order valence-electron chi connectivity index (χ2n) is 3.98. The maximum atomic E-state index is 10.7. The van der Waals surface area contributed by atoms with Crippen LogP contribution >= 0.6 is 0 Å². The van der Waals surface area contributed by atoms with Crippen LogP contribution in [0.3, 0.4) is 0 Å². The summed E-state index contributed by atoms with van der Waals surface area (Å²) < 4.78 is 0. The topological polar surface area (TPSA) is 32.3 Å². The van der Waals surface area contributed by atoms with Gasteiger partial charge in [0.25, 0.3) is 0 Å². The average Bonchev–Trinajstić information content (AvgIpc) is 2.08. The summed E-state index contributed by atoms with van der Waals surface area (Å²) in [6.45, 7) is 4.86. The average molecular weight is 184 g/mol. The lowest BCUT2D eigenvalue weighted by Gasteiger charge is -2.29. The van der Waals surface area contributed by atoms with Gasteiger partial charge in [-0.25, -0.2) is 0 Å². The third-order valence-electron chi connectivity index (χ3n) is 2.63. The summed E-state index contributed by atoms with van der Waals surface area (Å²) in [6, 6.07) is 0.635. The van der Waals surface area contributed by atoms with Gasteiger partial charge in [-0.2, -0.15) is 0 Å². The molecule has 0 aromatic carbocycles. The Morgan fingerprint density at radius 1 is 1.46 bits per heavy atom. The molecule has 1 rings (SSSR count). The molecule has 76 valence electrons. The highest BCUT2D eigenvalue weighted by Crippen LogP contribution is 2.07. The van der Waals surface area contributed by atoms with Gasteiger partial charge in [0.05, 0.1) is 0 Å². The third-order valence-corrected chi connectivity index (χ3v) is 2.63. The number of piperidine rings is 1. The van der Waals surface area contributed by atoms with Crippen molar-refractivity contribution >= 4 is 5.78 Å². The molecule has 3 nitrogen and oxygen atoms in total. The van der Waals surface area contributed by atoms with E-state index in [1.54, 1.807) is 6.92 Å². The van der Waals surface area contributed by atoms with Gasteiger partial charge < -0.3 is 10.2 Å². The molecule has 1 heterocycles. The largest absolute Gasteiger partial charge is 0.313 e. The Kier molecular flexibility index (Phi) is 4.39. The van der Waals surface area contributed by atoms with E-state index in [-0.39, 0.29) is 5.78 Å². The summed E-state index contributed by atoms with van der Waals surface area (Å²) in [7, 11) is 2.16. The number of rotatable bonds is 4. The Labute approximate surface area is 80.5 Å². The third kappa shape index (κ3) is 4.39. The highest BCUT2D eigenvalue weighted by atomic mass is 16.1. The molecule has 1 aliphatic heterocycles. The van der Waals surface area contributed by atoms with E-state index in [0.717, 1.165) is 6.54 Å². The molecular weight excluding hydrogens is 164 g/mol. The van der Waals surface area contributed by atoms with Crippen LogP contribution in [-0.4, -0.2) is 43.4 Å². The molecule has 0 unspecified atom stereocenters. The van der Waals surface area contributed by atoms with Crippen LogP contribution in [0.15, 0.2) is 0 Å². The fraction of sp³-hybridized carbons (Fsp3) is 0.900. The van der Waals surface area contributed by atoms with Crippen molar-refractivity contribution in [2.24, 2.45) is 0 Å². The van der Waals surface area contributed by atoms with Crippen LogP contribution in [0.25, 0.3) is 0 Å². The first-order valence-electron chi connectivity index (χ1n) is 5.10. The summed E-state index contributed by atoms with van der Waals surface area (Å²) in [5.41, 5.74) is 0. The van der Waals surface area contributed by atoms with Crippen molar-refractivity contribution in [1.82, 2.24) is 10.2 Å². The zero-order chi connectivity index (χ0) is 9.68. The molecule has 0 atom stereocenters. The number of hydrogen-bond donors (Lipinski definition) is 1. The highest BCUT2D eigenvalue weighted by molar-refractivity contribution is 5.75. The molecule has 0 spiro atoms. The quantitative estimate of drug-likeness (QED) is 0.696. The van der Waals surface area contributed by atoms with E-state index >= 15 is 0 Å². The highest BCUT2D eigenvalue weighted by Gasteiger charge is 2.15. The lowest BCUT2D eigenvalue weighted by molar-refractivity contribution is -0.116. The number of Topliss-reactive ketones (excluding diaryl/α,β-unsaturated/α-hetero) is 1. The van der Waals surface area contributed by atoms with E-state index in [9.17, 15) is 4.79 Å². The molecule has 0 aromatic rings. The summed E-state index contributed by atoms with van der Waals surface area (Å²) in [5.74, 6) is 0.278. The Balaban J connectivity index is 2.05. The van der Waals surface area contributed by atoms with Crippen molar-refractivity contribution in [3.8, 4) is 0 Å². The Morgan fingerprint density at radius 2 is 2.08 bits per heavy atom. The number of carbonyl (C=O) groups excluding carboxylic acids is 1. The van der Waals surface area contributed by atoms with Gasteiger partial charge in [0.15, 0.2) is 0 Å². The zero-order valence-electron chi connectivity index (χ0n) is 8.68. The standard InChI is InChI=1S/C10H20N2O/c1-9(13)3-6-11-10-4-7-12(2)8-5-10/h10-11H,3-8H2,1-2H3. The first-order valence-corrected chi connectivity index (χ1v) is 5.10. The fourth-order valence-corrected chi connectivity index (χ4v) is 1.67. The van der Waals surface area contributed by atoms with Gasteiger partial charge in [0.2, 0.25) is 0 Å². The van der Waals surface area contributed by atoms with Crippen LogP contribution in [0.2, 0.25) is 0 Å². The maximum absolute atomic E-state index is 10.7. The molecule has 1 fully saturated rings. The van der Waals surface area contributed by atoms with Gasteiger partial charge >= 0.3 is 0 Å². The van der Waals surface area contributed by atoms with Crippen molar-refractivity contribution in [1.29, 1.82) is 0 Å². The predicted molar refractivity (Wildman–Crippen MR) is 53.8 cm³/mol. The molecule has 0 amide bonds. The SMILES string of the molecule is CC(=O)CCNC1CCN(C)CC1. The van der Waals surface area contributed by atoms with Crippen molar-refractivity contribution < 1.29 is 4.79 Å². The lowest BCUT2D eigenvalue weighted by Crippen LogP contribution is -2.41. The van der Waals surface area contributed by atoms with Crippen LogP contribution in [0.1, 0.15) is 26.2 Å². The summed E-state index contributed by atoms with van der Waals surface area (Å²) in [4.78, 5) is 13.0. The molecule has 0 saturated carbocycles. The molecule has 1 N–H and O–H groups in total. The van der Waals surface area contributed by atoms with Crippen LogP contribution in [0, 0.1) is 0 Å². The van der Waals surface area contributed by atoms with Crippen LogP contribution in [0.5, 0.6) is 0 Å². The number of ketones is 1. The summed E-state index contributed by atoms with van der Waals surface area (Å²) >= 11 is 0. The lowest BCUT2D eigenvalue weighted by atomic mass is 10.1. The van der Waals surface area contributed by atoms with E-state index in [1.807, 2.05) is 0 Å². The summed E-state index contributed by atoms with van der Waals surface area (Å²) in [5, 5.41) is 3.43. The minimum Gasteiger partial charge on any atom is -0.313 e. The first-order chi connectivity index (χ1) is 6.18.